The summed E-state index contributed by atoms with van der Waals surface area (Å²) in [5.74, 6) is 0.653. The van der Waals surface area contributed by atoms with Crippen LogP contribution in [-0.2, 0) is 20.1 Å². The number of aryl methyl sites for hydroxylation is 1. The van der Waals surface area contributed by atoms with E-state index in [4.69, 9.17) is 10.7 Å². The monoisotopic (exact) mass is 580 g/mol. The lowest BCUT2D eigenvalue weighted by Gasteiger charge is -2.32. The highest BCUT2D eigenvalue weighted by atomic mass is 79.9. The Hall–Kier alpha value is -3.35. The van der Waals surface area contributed by atoms with Gasteiger partial charge < -0.3 is 10.6 Å². The Kier molecular flexibility index (Phi) is 6.17. The zero-order valence-corrected chi connectivity index (χ0v) is 22.6. The van der Waals surface area contributed by atoms with Crippen LogP contribution < -0.4 is 21.9 Å². The minimum atomic E-state index is -0.415. The largest absolute Gasteiger partial charge is 0.341 e. The summed E-state index contributed by atoms with van der Waals surface area (Å²) in [6.45, 7) is 1.97. The summed E-state index contributed by atoms with van der Waals surface area (Å²) < 4.78 is 14.1. The van der Waals surface area contributed by atoms with Gasteiger partial charge in [-0.1, -0.05) is 40.2 Å². The number of piperidine rings is 1. The van der Waals surface area contributed by atoms with Crippen molar-refractivity contribution in [3.63, 3.8) is 0 Å². The lowest BCUT2D eigenvalue weighted by atomic mass is 10.1. The van der Waals surface area contributed by atoms with Gasteiger partial charge in [0.25, 0.3) is 5.56 Å². The maximum atomic E-state index is 14.0. The molecule has 1 fully saturated rings. The lowest BCUT2D eigenvalue weighted by molar-refractivity contribution is 0.495. The fourth-order valence-electron chi connectivity index (χ4n) is 4.99. The summed E-state index contributed by atoms with van der Waals surface area (Å²) in [7, 11) is 1.66. The minimum Gasteiger partial charge on any atom is -0.341 e. The highest BCUT2D eigenvalue weighted by Gasteiger charge is 2.27. The first-order chi connectivity index (χ1) is 17.9. The molecule has 0 unspecified atom stereocenters. The van der Waals surface area contributed by atoms with Crippen molar-refractivity contribution >= 4 is 55.8 Å². The zero-order valence-electron chi connectivity index (χ0n) is 20.2. The second kappa shape index (κ2) is 9.51. The van der Waals surface area contributed by atoms with E-state index >= 15 is 0 Å². The maximum absolute atomic E-state index is 14.0. The molecule has 190 valence electrons. The van der Waals surface area contributed by atoms with Crippen LogP contribution in [0.15, 0.2) is 56.5 Å². The Morgan fingerprint density at radius 1 is 1.08 bits per heavy atom. The fourth-order valence-corrected chi connectivity index (χ4v) is 5.92. The molecule has 6 rings (SSSR count). The first kappa shape index (κ1) is 24.0. The number of nitrogens with zero attached hydrogens (tertiary/aromatic N) is 7. The first-order valence-electron chi connectivity index (χ1n) is 12.1. The number of imidazole rings is 1. The van der Waals surface area contributed by atoms with Gasteiger partial charge in [0.15, 0.2) is 11.2 Å². The quantitative estimate of drug-likeness (QED) is 0.339. The third kappa shape index (κ3) is 4.28. The van der Waals surface area contributed by atoms with Gasteiger partial charge in [0.2, 0.25) is 5.95 Å². The minimum absolute atomic E-state index is 0.0288. The number of aromatic nitrogens is 6. The maximum Gasteiger partial charge on any atom is 0.332 e. The topological polar surface area (TPSA) is 117 Å². The number of hydrogen-bond acceptors (Lipinski definition) is 8. The normalized spacial score (nSPS) is 16.2. The van der Waals surface area contributed by atoms with Crippen LogP contribution in [0.25, 0.3) is 22.2 Å². The molecule has 10 nitrogen and oxygen atoms in total. The average molecular weight is 582 g/mol. The Bertz CT molecular complexity index is 1750. The molecule has 1 atom stereocenters. The van der Waals surface area contributed by atoms with E-state index in [0.717, 1.165) is 57.7 Å². The van der Waals surface area contributed by atoms with Gasteiger partial charge in [-0.05, 0) is 42.2 Å². The molecule has 37 heavy (non-hydrogen) atoms. The zero-order chi connectivity index (χ0) is 25.7. The van der Waals surface area contributed by atoms with Gasteiger partial charge in [0.05, 0.1) is 24.8 Å². The molecule has 1 aliphatic heterocycles. The smallest absolute Gasteiger partial charge is 0.332 e. The summed E-state index contributed by atoms with van der Waals surface area (Å²) in [5, 5.41) is 0. The second-order valence-electron chi connectivity index (χ2n) is 9.43. The van der Waals surface area contributed by atoms with Gasteiger partial charge >= 0.3 is 5.69 Å². The van der Waals surface area contributed by atoms with Crippen LogP contribution in [0.3, 0.4) is 0 Å². The predicted octanol–water partition coefficient (Wildman–Crippen LogP) is 2.69. The molecule has 0 spiro atoms. The second-order valence-corrected chi connectivity index (χ2v) is 10.8. The Labute approximate surface area is 224 Å². The van der Waals surface area contributed by atoms with E-state index in [1.54, 1.807) is 7.05 Å². The third-order valence-electron chi connectivity index (χ3n) is 6.90. The number of hydrogen-bond donors (Lipinski definition) is 1. The van der Waals surface area contributed by atoms with Crippen molar-refractivity contribution in [2.24, 2.45) is 12.8 Å². The van der Waals surface area contributed by atoms with Gasteiger partial charge in [-0.25, -0.2) is 4.79 Å². The van der Waals surface area contributed by atoms with Crippen molar-refractivity contribution in [2.45, 2.75) is 32.0 Å². The molecule has 0 aliphatic carbocycles. The SMILES string of the molecule is Cn1c(=O)n(Cc2ccc3nsnc3c2)c(=O)c2c1nc(N1CCC[C@@H](N)C1)n2Cc1ccccc1Br. The molecule has 0 saturated carbocycles. The fraction of sp³-hybridized carbons (Fsp3) is 0.320. The van der Waals surface area contributed by atoms with E-state index < -0.39 is 5.69 Å². The van der Waals surface area contributed by atoms with Crippen LogP contribution >= 0.6 is 27.7 Å². The Morgan fingerprint density at radius 3 is 2.70 bits per heavy atom. The molecule has 1 aliphatic rings. The van der Waals surface area contributed by atoms with Crippen LogP contribution in [0.4, 0.5) is 5.95 Å². The molecule has 4 heterocycles. The molecular formula is C25H25BrN8O2S. The van der Waals surface area contributed by atoms with Gasteiger partial charge in [0.1, 0.15) is 11.0 Å². The molecule has 1 saturated heterocycles. The predicted molar refractivity (Wildman–Crippen MR) is 148 cm³/mol. The van der Waals surface area contributed by atoms with Crippen LogP contribution in [0.5, 0.6) is 0 Å². The van der Waals surface area contributed by atoms with Gasteiger partial charge in [-0.2, -0.15) is 13.7 Å². The van der Waals surface area contributed by atoms with E-state index in [1.165, 1.54) is 9.13 Å². The number of anilines is 1. The molecule has 0 radical (unpaired) electrons. The number of benzene rings is 2. The molecule has 2 N–H and O–H groups in total. The summed E-state index contributed by atoms with van der Waals surface area (Å²) in [6, 6.07) is 13.5. The van der Waals surface area contributed by atoms with E-state index in [-0.39, 0.29) is 18.1 Å². The number of fused-ring (bicyclic) bond motifs is 2. The van der Waals surface area contributed by atoms with Gasteiger partial charge in [0, 0.05) is 30.7 Å². The molecule has 12 heteroatoms. The summed E-state index contributed by atoms with van der Waals surface area (Å²) in [5.41, 5.74) is 9.61. The Balaban J connectivity index is 1.55. The van der Waals surface area contributed by atoms with Crippen molar-refractivity contribution in [3.05, 3.63) is 78.9 Å². The van der Waals surface area contributed by atoms with Gasteiger partial charge in [-0.3, -0.25) is 18.5 Å². The van der Waals surface area contributed by atoms with Crippen molar-refractivity contribution in [3.8, 4) is 0 Å². The Morgan fingerprint density at radius 2 is 1.89 bits per heavy atom. The molecule has 3 aromatic heterocycles. The van der Waals surface area contributed by atoms with E-state index in [2.05, 4.69) is 29.6 Å². The number of rotatable bonds is 5. The summed E-state index contributed by atoms with van der Waals surface area (Å²) in [6.07, 6.45) is 1.89. The molecule has 0 amide bonds. The van der Waals surface area contributed by atoms with Crippen LogP contribution in [-0.4, -0.2) is 46.6 Å². The third-order valence-corrected chi connectivity index (χ3v) is 8.23. The first-order valence-corrected chi connectivity index (χ1v) is 13.6. The molecule has 5 aromatic rings. The van der Waals surface area contributed by atoms with Crippen molar-refractivity contribution in [2.75, 3.05) is 18.0 Å². The highest BCUT2D eigenvalue weighted by molar-refractivity contribution is 9.10. The van der Waals surface area contributed by atoms with Crippen LogP contribution in [0.1, 0.15) is 24.0 Å². The van der Waals surface area contributed by atoms with E-state index in [9.17, 15) is 9.59 Å². The summed E-state index contributed by atoms with van der Waals surface area (Å²) in [4.78, 5) is 34.4. The van der Waals surface area contributed by atoms with Crippen molar-refractivity contribution in [1.82, 2.24) is 27.4 Å². The highest BCUT2D eigenvalue weighted by Crippen LogP contribution is 2.26. The lowest BCUT2D eigenvalue weighted by Crippen LogP contribution is -2.44. The molecular weight excluding hydrogens is 556 g/mol. The van der Waals surface area contributed by atoms with Crippen LogP contribution in [0.2, 0.25) is 0 Å². The standard InChI is InChI=1S/C25H25BrN8O2S/c1-31-22-21(23(35)34(25(31)36)12-15-8-9-19-20(11-15)30-37-29-19)33(13-16-5-2-3-7-18(16)26)24(28-22)32-10-4-6-17(27)14-32/h2-3,5,7-9,11,17H,4,6,10,12-14,27H2,1H3/t17-/m1/s1. The van der Waals surface area contributed by atoms with Gasteiger partial charge in [-0.15, -0.1) is 0 Å². The van der Waals surface area contributed by atoms with Crippen LogP contribution in [0, 0.1) is 0 Å². The number of halogens is 1. The molecule has 0 bridgehead atoms. The molecule has 2 aromatic carbocycles. The van der Waals surface area contributed by atoms with E-state index in [0.29, 0.717) is 30.2 Å². The number of nitrogens with two attached hydrogens (primary N) is 1. The summed E-state index contributed by atoms with van der Waals surface area (Å²) >= 11 is 4.78. The average Bonchev–Trinajstić information content (AvgIpc) is 3.51. The van der Waals surface area contributed by atoms with Crippen molar-refractivity contribution < 1.29 is 0 Å². The van der Waals surface area contributed by atoms with E-state index in [1.807, 2.05) is 47.0 Å². The van der Waals surface area contributed by atoms with Crippen molar-refractivity contribution in [1.29, 1.82) is 0 Å².